The third kappa shape index (κ3) is 5.35. The van der Waals surface area contributed by atoms with Crippen LogP contribution < -0.4 is 9.47 Å². The van der Waals surface area contributed by atoms with E-state index in [1.807, 2.05) is 84.9 Å². The highest BCUT2D eigenvalue weighted by molar-refractivity contribution is 6.46. The number of ketones is 1. The molecule has 1 unspecified atom stereocenters. The van der Waals surface area contributed by atoms with Crippen molar-refractivity contribution in [1.82, 2.24) is 14.3 Å². The Kier molecular flexibility index (Phi) is 7.66. The summed E-state index contributed by atoms with van der Waals surface area (Å²) in [6.07, 6.45) is 2.31. The van der Waals surface area contributed by atoms with Gasteiger partial charge in [0.1, 0.15) is 17.9 Å². The topological polar surface area (TPSA) is 93.4 Å². The van der Waals surface area contributed by atoms with Gasteiger partial charge in [-0.2, -0.15) is 0 Å². The maximum Gasteiger partial charge on any atom is 0.295 e. The molecule has 1 saturated heterocycles. The number of hydrogen-bond donors (Lipinski definition) is 1. The SMILES string of the molecule is COc1cc(C2C(=C(O)c3c(C)nc4ccccn34)C(=O)C(=O)N2CCc2ccccc2)ccc1OCc1ccccc1. The lowest BCUT2D eigenvalue weighted by Gasteiger charge is -2.26. The molecule has 1 N–H and O–H groups in total. The van der Waals surface area contributed by atoms with Crippen LogP contribution in [0.5, 0.6) is 11.5 Å². The molecule has 1 aliphatic rings. The van der Waals surface area contributed by atoms with Gasteiger partial charge in [-0.05, 0) is 54.3 Å². The van der Waals surface area contributed by atoms with Crippen molar-refractivity contribution in [2.75, 3.05) is 13.7 Å². The number of fused-ring (bicyclic) bond motifs is 1. The van der Waals surface area contributed by atoms with Crippen LogP contribution in [-0.4, -0.2) is 44.7 Å². The lowest BCUT2D eigenvalue weighted by atomic mass is 9.95. The number of imidazole rings is 1. The summed E-state index contributed by atoms with van der Waals surface area (Å²) in [5.41, 5.74) is 4.19. The van der Waals surface area contributed by atoms with Gasteiger partial charge in [0.25, 0.3) is 11.7 Å². The van der Waals surface area contributed by atoms with E-state index in [2.05, 4.69) is 4.98 Å². The van der Waals surface area contributed by atoms with Crippen LogP contribution in [-0.2, 0) is 22.6 Å². The number of amides is 1. The number of carbonyl (C=O) groups is 2. The van der Waals surface area contributed by atoms with Crippen LogP contribution in [0.3, 0.4) is 0 Å². The fourth-order valence-electron chi connectivity index (χ4n) is 5.59. The second-order valence-electron chi connectivity index (χ2n) is 10.4. The second-order valence-corrected chi connectivity index (χ2v) is 10.4. The number of nitrogens with zero attached hydrogens (tertiary/aromatic N) is 3. The Hall–Kier alpha value is -5.37. The van der Waals surface area contributed by atoms with Gasteiger partial charge in [-0.25, -0.2) is 4.98 Å². The Bertz CT molecular complexity index is 1830. The smallest absolute Gasteiger partial charge is 0.295 e. The number of Topliss-reactive ketones (excluding diaryl/α,β-unsaturated/α-hetero) is 1. The molecule has 0 radical (unpaired) electrons. The number of methoxy groups -OCH3 is 1. The molecule has 3 aromatic carbocycles. The van der Waals surface area contributed by atoms with Gasteiger partial charge in [0, 0.05) is 12.7 Å². The minimum absolute atomic E-state index is 0.00632. The molecule has 0 spiro atoms. The zero-order valence-corrected chi connectivity index (χ0v) is 23.9. The first-order chi connectivity index (χ1) is 21.0. The number of aryl methyl sites for hydroxylation is 1. The molecule has 216 valence electrons. The van der Waals surface area contributed by atoms with E-state index in [1.54, 1.807) is 36.8 Å². The minimum atomic E-state index is -0.852. The van der Waals surface area contributed by atoms with Crippen LogP contribution >= 0.6 is 0 Å². The van der Waals surface area contributed by atoms with E-state index in [4.69, 9.17) is 9.47 Å². The molecular formula is C35H31N3O5. The first kappa shape index (κ1) is 27.8. The molecule has 5 aromatic rings. The Balaban J connectivity index is 1.44. The standard InChI is InChI=1S/C35H31N3O5/c1-23-31(37-19-10-9-15-29(37)36-23)33(39)30-32(38(35(41)34(30)40)20-18-24-11-5-3-6-12-24)26-16-17-27(28(21-26)42-2)43-22-25-13-7-4-8-14-25/h3-17,19,21,32,39H,18,20,22H2,1-2H3. The third-order valence-electron chi connectivity index (χ3n) is 7.69. The molecule has 43 heavy (non-hydrogen) atoms. The number of aliphatic hydroxyl groups excluding tert-OH is 1. The van der Waals surface area contributed by atoms with Crippen molar-refractivity contribution in [3.63, 3.8) is 0 Å². The summed E-state index contributed by atoms with van der Waals surface area (Å²) < 4.78 is 13.5. The number of aromatic nitrogens is 2. The Morgan fingerprint density at radius 2 is 1.58 bits per heavy atom. The molecule has 0 bridgehead atoms. The van der Waals surface area contributed by atoms with Gasteiger partial charge < -0.3 is 19.5 Å². The zero-order chi connectivity index (χ0) is 29.9. The summed E-state index contributed by atoms with van der Waals surface area (Å²) in [7, 11) is 1.54. The van der Waals surface area contributed by atoms with Crippen molar-refractivity contribution in [2.24, 2.45) is 0 Å². The van der Waals surface area contributed by atoms with E-state index >= 15 is 0 Å². The number of likely N-dealkylation sites (tertiary alicyclic amines) is 1. The molecule has 0 aliphatic carbocycles. The number of aliphatic hydroxyl groups is 1. The molecule has 0 saturated carbocycles. The highest BCUT2D eigenvalue weighted by Gasteiger charge is 2.46. The molecule has 3 heterocycles. The molecule has 1 aliphatic heterocycles. The highest BCUT2D eigenvalue weighted by Crippen LogP contribution is 2.42. The molecule has 6 rings (SSSR count). The van der Waals surface area contributed by atoms with Gasteiger partial charge in [-0.3, -0.25) is 14.0 Å². The summed E-state index contributed by atoms with van der Waals surface area (Å²) in [5, 5.41) is 11.8. The molecule has 1 fully saturated rings. The molecule has 2 aromatic heterocycles. The van der Waals surface area contributed by atoms with Crippen LogP contribution in [0.4, 0.5) is 0 Å². The van der Waals surface area contributed by atoms with Crippen LogP contribution in [0, 0.1) is 6.92 Å². The van der Waals surface area contributed by atoms with Crippen molar-refractivity contribution < 1.29 is 24.2 Å². The van der Waals surface area contributed by atoms with Gasteiger partial charge in [-0.1, -0.05) is 72.8 Å². The van der Waals surface area contributed by atoms with Gasteiger partial charge in [0.15, 0.2) is 17.3 Å². The predicted molar refractivity (Wildman–Crippen MR) is 163 cm³/mol. The fraction of sp³-hybridized carbons (Fsp3) is 0.171. The van der Waals surface area contributed by atoms with E-state index in [1.165, 1.54) is 4.90 Å². The van der Waals surface area contributed by atoms with Crippen molar-refractivity contribution in [2.45, 2.75) is 26.0 Å². The molecule has 1 amide bonds. The summed E-state index contributed by atoms with van der Waals surface area (Å²) in [4.78, 5) is 33.3. The largest absolute Gasteiger partial charge is 0.505 e. The molecule has 1 atom stereocenters. The Labute approximate surface area is 249 Å². The van der Waals surface area contributed by atoms with Gasteiger partial charge in [0.05, 0.1) is 24.4 Å². The zero-order valence-electron chi connectivity index (χ0n) is 23.9. The first-order valence-corrected chi connectivity index (χ1v) is 14.1. The van der Waals surface area contributed by atoms with E-state index < -0.39 is 17.7 Å². The first-order valence-electron chi connectivity index (χ1n) is 14.1. The normalized spacial score (nSPS) is 16.1. The monoisotopic (exact) mass is 573 g/mol. The average Bonchev–Trinajstić information content (AvgIpc) is 3.51. The summed E-state index contributed by atoms with van der Waals surface area (Å²) >= 11 is 0. The summed E-state index contributed by atoms with van der Waals surface area (Å²) in [6, 6.07) is 29.5. The quantitative estimate of drug-likeness (QED) is 0.134. The number of carbonyl (C=O) groups excluding carboxylic acids is 2. The number of ether oxygens (including phenoxy) is 2. The van der Waals surface area contributed by atoms with E-state index in [0.717, 1.165) is 11.1 Å². The van der Waals surface area contributed by atoms with Gasteiger partial charge in [0.2, 0.25) is 0 Å². The molecular weight excluding hydrogens is 542 g/mol. The lowest BCUT2D eigenvalue weighted by Crippen LogP contribution is -2.31. The highest BCUT2D eigenvalue weighted by atomic mass is 16.5. The molecule has 8 heteroatoms. The second kappa shape index (κ2) is 11.9. The van der Waals surface area contributed by atoms with Crippen molar-refractivity contribution in [1.29, 1.82) is 0 Å². The van der Waals surface area contributed by atoms with Crippen molar-refractivity contribution in [3.05, 3.63) is 137 Å². The maximum absolute atomic E-state index is 13.7. The number of hydrogen-bond acceptors (Lipinski definition) is 6. The lowest BCUT2D eigenvalue weighted by molar-refractivity contribution is -0.139. The summed E-state index contributed by atoms with van der Waals surface area (Å²) in [5.74, 6) is -0.714. The van der Waals surface area contributed by atoms with E-state index in [-0.39, 0.29) is 17.9 Å². The van der Waals surface area contributed by atoms with Gasteiger partial charge >= 0.3 is 0 Å². The predicted octanol–water partition coefficient (Wildman–Crippen LogP) is 5.89. The third-order valence-corrected chi connectivity index (χ3v) is 7.69. The van der Waals surface area contributed by atoms with Crippen LogP contribution in [0.2, 0.25) is 0 Å². The van der Waals surface area contributed by atoms with E-state index in [0.29, 0.717) is 47.1 Å². The van der Waals surface area contributed by atoms with Crippen molar-refractivity contribution in [3.8, 4) is 11.5 Å². The van der Waals surface area contributed by atoms with Crippen LogP contribution in [0.15, 0.2) is 109 Å². The van der Waals surface area contributed by atoms with Crippen LogP contribution in [0.25, 0.3) is 11.4 Å². The Morgan fingerprint density at radius 3 is 2.30 bits per heavy atom. The van der Waals surface area contributed by atoms with Crippen LogP contribution in [0.1, 0.15) is 34.1 Å². The van der Waals surface area contributed by atoms with Crippen molar-refractivity contribution >= 4 is 23.1 Å². The minimum Gasteiger partial charge on any atom is -0.505 e. The average molecular weight is 574 g/mol. The van der Waals surface area contributed by atoms with Gasteiger partial charge in [-0.15, -0.1) is 0 Å². The number of benzene rings is 3. The maximum atomic E-state index is 13.7. The van der Waals surface area contributed by atoms with E-state index in [9.17, 15) is 14.7 Å². The number of rotatable bonds is 9. The Morgan fingerprint density at radius 1 is 0.884 bits per heavy atom. The number of pyridine rings is 1. The summed E-state index contributed by atoms with van der Waals surface area (Å²) in [6.45, 7) is 2.39. The fourth-order valence-corrected chi connectivity index (χ4v) is 5.59. The molecule has 8 nitrogen and oxygen atoms in total.